The van der Waals surface area contributed by atoms with Crippen molar-refractivity contribution in [3.8, 4) is 5.75 Å². The van der Waals surface area contributed by atoms with E-state index in [9.17, 15) is 13.2 Å². The zero-order chi connectivity index (χ0) is 27.0. The summed E-state index contributed by atoms with van der Waals surface area (Å²) >= 11 is 6.16. The van der Waals surface area contributed by atoms with E-state index in [0.29, 0.717) is 17.4 Å². The molecule has 0 radical (unpaired) electrons. The summed E-state index contributed by atoms with van der Waals surface area (Å²) in [6.07, 6.45) is 2.61. The minimum absolute atomic E-state index is 0.0954. The van der Waals surface area contributed by atoms with E-state index in [2.05, 4.69) is 10.5 Å². The number of amides is 1. The molecule has 0 aliphatic heterocycles. The van der Waals surface area contributed by atoms with E-state index in [-0.39, 0.29) is 17.8 Å². The van der Waals surface area contributed by atoms with Crippen molar-refractivity contribution in [1.29, 1.82) is 0 Å². The summed E-state index contributed by atoms with van der Waals surface area (Å²) < 4.78 is 32.3. The minimum Gasteiger partial charge on any atom is -0.489 e. The van der Waals surface area contributed by atoms with Crippen LogP contribution in [0.2, 0.25) is 5.02 Å². The number of carbonyl (C=O) groups excluding carboxylic acids is 1. The van der Waals surface area contributed by atoms with Gasteiger partial charge in [0.2, 0.25) is 10.0 Å². The fourth-order valence-electron chi connectivity index (χ4n) is 3.67. The van der Waals surface area contributed by atoms with E-state index >= 15 is 0 Å². The summed E-state index contributed by atoms with van der Waals surface area (Å²) in [5.41, 5.74) is 5.38. The molecule has 0 spiro atoms. The number of ether oxygens (including phenoxy) is 1. The number of hydrogen-bond acceptors (Lipinski definition) is 5. The lowest BCUT2D eigenvalue weighted by Gasteiger charge is -2.24. The number of rotatable bonds is 10. The maximum absolute atomic E-state index is 13.0. The molecular weight excluding hydrogens is 522 g/mol. The molecule has 0 atom stereocenters. The molecule has 7 nitrogen and oxygen atoms in total. The van der Waals surface area contributed by atoms with Crippen LogP contribution < -0.4 is 14.5 Å². The van der Waals surface area contributed by atoms with E-state index in [1.165, 1.54) is 10.5 Å². The first-order valence-corrected chi connectivity index (χ1v) is 13.9. The molecule has 0 saturated heterocycles. The highest BCUT2D eigenvalue weighted by Crippen LogP contribution is 2.25. The van der Waals surface area contributed by atoms with Crippen molar-refractivity contribution in [3.63, 3.8) is 0 Å². The van der Waals surface area contributed by atoms with Gasteiger partial charge < -0.3 is 4.74 Å². The van der Waals surface area contributed by atoms with Crippen LogP contribution in [0.1, 0.15) is 27.0 Å². The van der Waals surface area contributed by atoms with E-state index in [4.69, 9.17) is 16.3 Å². The molecule has 0 aliphatic carbocycles. The predicted molar refractivity (Wildman–Crippen MR) is 151 cm³/mol. The van der Waals surface area contributed by atoms with Crippen molar-refractivity contribution in [2.24, 2.45) is 5.10 Å². The number of hydrazone groups is 1. The first-order valence-electron chi connectivity index (χ1n) is 11.7. The lowest BCUT2D eigenvalue weighted by Crippen LogP contribution is -2.32. The second kappa shape index (κ2) is 12.4. The SMILES string of the molecule is CS(=O)(=O)N(Cc1ccccc1)c1ccccc1C(=O)N/N=C/c1ccc(OCc2ccccc2Cl)cc1. The molecule has 9 heteroatoms. The molecule has 38 heavy (non-hydrogen) atoms. The fourth-order valence-corrected chi connectivity index (χ4v) is 4.76. The third-order valence-corrected chi connectivity index (χ3v) is 7.09. The van der Waals surface area contributed by atoms with Crippen LogP contribution in [0.3, 0.4) is 0 Å². The van der Waals surface area contributed by atoms with Gasteiger partial charge in [-0.3, -0.25) is 9.10 Å². The molecule has 0 fully saturated rings. The monoisotopic (exact) mass is 547 g/mol. The number of halogens is 1. The Morgan fingerprint density at radius 3 is 2.29 bits per heavy atom. The molecule has 4 rings (SSSR count). The molecule has 1 amide bonds. The molecule has 0 bridgehead atoms. The molecule has 0 saturated carbocycles. The summed E-state index contributed by atoms with van der Waals surface area (Å²) in [4.78, 5) is 13.0. The first kappa shape index (κ1) is 26.9. The summed E-state index contributed by atoms with van der Waals surface area (Å²) in [5, 5.41) is 4.70. The molecule has 0 heterocycles. The van der Waals surface area contributed by atoms with Crippen LogP contribution in [0.25, 0.3) is 0 Å². The zero-order valence-electron chi connectivity index (χ0n) is 20.6. The third kappa shape index (κ3) is 7.21. The standard InChI is InChI=1S/C29H26ClN3O4S/c1-38(35,36)33(20-23-9-3-2-4-10-23)28-14-8-6-12-26(28)29(34)32-31-19-22-15-17-25(18-16-22)37-21-24-11-5-7-13-27(24)30/h2-19H,20-21H2,1H3,(H,32,34)/b31-19+. The number of benzene rings is 4. The summed E-state index contributed by atoms with van der Waals surface area (Å²) in [7, 11) is -3.67. The first-order chi connectivity index (χ1) is 18.3. The Kier molecular flexibility index (Phi) is 8.78. The van der Waals surface area contributed by atoms with Gasteiger partial charge in [0.1, 0.15) is 12.4 Å². The lowest BCUT2D eigenvalue weighted by atomic mass is 10.1. The summed E-state index contributed by atoms with van der Waals surface area (Å²) in [6, 6.07) is 30.4. The predicted octanol–water partition coefficient (Wildman–Crippen LogP) is 5.65. The zero-order valence-corrected chi connectivity index (χ0v) is 22.2. The highest BCUT2D eigenvalue weighted by atomic mass is 35.5. The molecule has 0 unspecified atom stereocenters. The fraction of sp³-hybridized carbons (Fsp3) is 0.103. The number of carbonyl (C=O) groups is 1. The minimum atomic E-state index is -3.67. The number of para-hydroxylation sites is 1. The van der Waals surface area contributed by atoms with Crippen LogP contribution in [0.15, 0.2) is 108 Å². The van der Waals surface area contributed by atoms with Crippen LogP contribution in [0, 0.1) is 0 Å². The molecule has 1 N–H and O–H groups in total. The molecule has 4 aromatic carbocycles. The van der Waals surface area contributed by atoms with Crippen LogP contribution in [-0.4, -0.2) is 26.8 Å². The van der Waals surface area contributed by atoms with Crippen molar-refractivity contribution in [3.05, 3.63) is 130 Å². The van der Waals surface area contributed by atoms with Crippen LogP contribution in [0.5, 0.6) is 5.75 Å². The molecule has 194 valence electrons. The average molecular weight is 548 g/mol. The number of sulfonamides is 1. The smallest absolute Gasteiger partial charge is 0.273 e. The van der Waals surface area contributed by atoms with Crippen molar-refractivity contribution < 1.29 is 17.9 Å². The number of hydrogen-bond donors (Lipinski definition) is 1. The normalized spacial score (nSPS) is 11.3. The topological polar surface area (TPSA) is 88.1 Å². The molecule has 0 aromatic heterocycles. The average Bonchev–Trinajstić information content (AvgIpc) is 2.92. The van der Waals surface area contributed by atoms with Crippen molar-refractivity contribution in [1.82, 2.24) is 5.43 Å². The second-order valence-corrected chi connectivity index (χ2v) is 10.7. The van der Waals surface area contributed by atoms with Gasteiger partial charge in [0.25, 0.3) is 5.91 Å². The summed E-state index contributed by atoms with van der Waals surface area (Å²) in [6.45, 7) is 0.440. The van der Waals surface area contributed by atoms with Gasteiger partial charge in [-0.15, -0.1) is 0 Å². The highest BCUT2D eigenvalue weighted by molar-refractivity contribution is 7.92. The Morgan fingerprint density at radius 2 is 1.58 bits per heavy atom. The quantitative estimate of drug-likeness (QED) is 0.205. The van der Waals surface area contributed by atoms with E-state index in [1.54, 1.807) is 48.5 Å². The largest absolute Gasteiger partial charge is 0.489 e. The number of nitrogens with zero attached hydrogens (tertiary/aromatic N) is 2. The van der Waals surface area contributed by atoms with Gasteiger partial charge in [-0.25, -0.2) is 13.8 Å². The van der Waals surface area contributed by atoms with Crippen LogP contribution in [-0.2, 0) is 23.2 Å². The van der Waals surface area contributed by atoms with Crippen molar-refractivity contribution in [2.45, 2.75) is 13.2 Å². The number of nitrogens with one attached hydrogen (secondary N) is 1. The van der Waals surface area contributed by atoms with Gasteiger partial charge in [-0.05, 0) is 53.6 Å². The maximum atomic E-state index is 13.0. The Balaban J connectivity index is 1.42. The van der Waals surface area contributed by atoms with Gasteiger partial charge in [-0.1, -0.05) is 72.3 Å². The van der Waals surface area contributed by atoms with E-state index in [0.717, 1.165) is 22.9 Å². The molecule has 0 aliphatic rings. The Labute approximate surface area is 227 Å². The highest BCUT2D eigenvalue weighted by Gasteiger charge is 2.23. The lowest BCUT2D eigenvalue weighted by molar-refractivity contribution is 0.0955. The van der Waals surface area contributed by atoms with Gasteiger partial charge in [0.05, 0.1) is 30.3 Å². The molecular formula is C29H26ClN3O4S. The van der Waals surface area contributed by atoms with Crippen LogP contribution in [0.4, 0.5) is 5.69 Å². The van der Waals surface area contributed by atoms with Gasteiger partial charge in [-0.2, -0.15) is 5.10 Å². The van der Waals surface area contributed by atoms with E-state index in [1.807, 2.05) is 54.6 Å². The Hall–Kier alpha value is -4.14. The number of anilines is 1. The maximum Gasteiger partial charge on any atom is 0.273 e. The van der Waals surface area contributed by atoms with Gasteiger partial charge >= 0.3 is 0 Å². The second-order valence-electron chi connectivity index (χ2n) is 8.42. The van der Waals surface area contributed by atoms with Crippen molar-refractivity contribution >= 4 is 39.4 Å². The third-order valence-electron chi connectivity index (χ3n) is 5.60. The van der Waals surface area contributed by atoms with Crippen molar-refractivity contribution in [2.75, 3.05) is 10.6 Å². The van der Waals surface area contributed by atoms with Gasteiger partial charge in [0.15, 0.2) is 0 Å². The van der Waals surface area contributed by atoms with Crippen LogP contribution >= 0.6 is 11.6 Å². The Morgan fingerprint density at radius 1 is 0.921 bits per heavy atom. The van der Waals surface area contributed by atoms with E-state index < -0.39 is 15.9 Å². The Bertz CT molecular complexity index is 1530. The summed E-state index contributed by atoms with van der Waals surface area (Å²) in [5.74, 6) is 0.137. The van der Waals surface area contributed by atoms with Gasteiger partial charge in [0, 0.05) is 10.6 Å². The molecule has 4 aromatic rings.